The number of hydrogen-bond acceptors (Lipinski definition) is 2. The van der Waals surface area contributed by atoms with Crippen molar-refractivity contribution in [1.29, 1.82) is 5.41 Å². The molecule has 0 aromatic carbocycles. The van der Waals surface area contributed by atoms with Crippen molar-refractivity contribution in [1.82, 2.24) is 9.78 Å². The maximum Gasteiger partial charge on any atom is 0.0911 e. The van der Waals surface area contributed by atoms with Crippen LogP contribution >= 0.6 is 0 Å². The van der Waals surface area contributed by atoms with Gasteiger partial charge >= 0.3 is 0 Å². The van der Waals surface area contributed by atoms with Crippen LogP contribution in [0.1, 0.15) is 30.7 Å². The molecule has 0 bridgehead atoms. The summed E-state index contributed by atoms with van der Waals surface area (Å²) < 4.78 is 2.05. The fourth-order valence-corrected chi connectivity index (χ4v) is 2.12. The van der Waals surface area contributed by atoms with Crippen LogP contribution in [-0.2, 0) is 6.54 Å². The second-order valence-corrected chi connectivity index (χ2v) is 4.79. The minimum atomic E-state index is 0.231. The Balaban J connectivity index is 2.08. The van der Waals surface area contributed by atoms with E-state index >= 15 is 0 Å². The highest BCUT2D eigenvalue weighted by molar-refractivity contribution is 5.78. The van der Waals surface area contributed by atoms with Gasteiger partial charge in [-0.3, -0.25) is 10.1 Å². The molecule has 1 fully saturated rings. The quantitative estimate of drug-likeness (QED) is 0.580. The van der Waals surface area contributed by atoms with Crippen molar-refractivity contribution in [2.24, 2.45) is 11.1 Å². The fourth-order valence-electron chi connectivity index (χ4n) is 2.12. The van der Waals surface area contributed by atoms with E-state index in [0.717, 1.165) is 12.2 Å². The monoisotopic (exact) mass is 206 g/mol. The van der Waals surface area contributed by atoms with E-state index in [2.05, 4.69) is 18.1 Å². The van der Waals surface area contributed by atoms with E-state index < -0.39 is 0 Å². The van der Waals surface area contributed by atoms with Gasteiger partial charge in [0.15, 0.2) is 0 Å². The summed E-state index contributed by atoms with van der Waals surface area (Å²) in [4.78, 5) is 0. The molecule has 4 nitrogen and oxygen atoms in total. The predicted octanol–water partition coefficient (Wildman–Crippen LogP) is 1.61. The molecule has 1 aliphatic rings. The summed E-state index contributed by atoms with van der Waals surface area (Å²) in [6.45, 7) is 4.99. The zero-order chi connectivity index (χ0) is 11.1. The van der Waals surface area contributed by atoms with Gasteiger partial charge in [-0.2, -0.15) is 5.10 Å². The van der Waals surface area contributed by atoms with E-state index in [-0.39, 0.29) is 5.41 Å². The Kier molecular flexibility index (Phi) is 2.29. The van der Waals surface area contributed by atoms with Gasteiger partial charge in [0.05, 0.1) is 11.5 Å². The third-order valence-corrected chi connectivity index (χ3v) is 3.11. The molecule has 0 amide bonds. The van der Waals surface area contributed by atoms with E-state index in [1.807, 2.05) is 11.6 Å². The minimum absolute atomic E-state index is 0.231. The van der Waals surface area contributed by atoms with Crippen molar-refractivity contribution in [3.63, 3.8) is 0 Å². The van der Waals surface area contributed by atoms with Gasteiger partial charge in [-0.15, -0.1) is 0 Å². The van der Waals surface area contributed by atoms with Crippen molar-refractivity contribution in [3.05, 3.63) is 17.5 Å². The molecule has 0 spiro atoms. The van der Waals surface area contributed by atoms with E-state index in [1.54, 1.807) is 0 Å². The highest BCUT2D eigenvalue weighted by Gasteiger charge is 2.43. The Bertz CT molecular complexity index is 387. The summed E-state index contributed by atoms with van der Waals surface area (Å²) in [7, 11) is 0. The fraction of sp³-hybridized carbons (Fsp3) is 0.636. The van der Waals surface area contributed by atoms with Gasteiger partial charge in [-0.05, 0) is 38.2 Å². The molecule has 82 valence electrons. The van der Waals surface area contributed by atoms with Gasteiger partial charge in [0.25, 0.3) is 0 Å². The topological polar surface area (TPSA) is 67.7 Å². The van der Waals surface area contributed by atoms with Gasteiger partial charge in [0.2, 0.25) is 0 Å². The summed E-state index contributed by atoms with van der Waals surface area (Å²) in [5.41, 5.74) is 7.96. The lowest BCUT2D eigenvalue weighted by atomic mass is 10.0. The van der Waals surface area contributed by atoms with Gasteiger partial charge < -0.3 is 5.73 Å². The van der Waals surface area contributed by atoms with Crippen LogP contribution in [0.4, 0.5) is 0 Å². The number of nitrogens with one attached hydrogen (secondary N) is 1. The molecule has 1 aliphatic carbocycles. The van der Waals surface area contributed by atoms with E-state index in [1.165, 1.54) is 18.5 Å². The summed E-state index contributed by atoms with van der Waals surface area (Å²) in [6.07, 6.45) is 3.06. The van der Waals surface area contributed by atoms with Crippen LogP contribution in [0.3, 0.4) is 0 Å². The number of nitrogens with two attached hydrogens (primary N) is 1. The van der Waals surface area contributed by atoms with E-state index in [9.17, 15) is 0 Å². The third-order valence-electron chi connectivity index (χ3n) is 3.11. The summed E-state index contributed by atoms with van der Waals surface area (Å²) >= 11 is 0. The highest BCUT2D eigenvalue weighted by Crippen LogP contribution is 2.50. The van der Waals surface area contributed by atoms with Crippen molar-refractivity contribution < 1.29 is 0 Å². The normalized spacial score (nSPS) is 17.7. The SMILES string of the molecule is Cc1cc(C)n(CC2(CC(=N)N)CC2)n1. The number of aryl methyl sites for hydroxylation is 2. The molecule has 1 aromatic heterocycles. The average molecular weight is 206 g/mol. The first-order valence-corrected chi connectivity index (χ1v) is 5.35. The molecule has 0 aliphatic heterocycles. The number of amidine groups is 1. The lowest BCUT2D eigenvalue weighted by molar-refractivity contribution is 0.402. The van der Waals surface area contributed by atoms with E-state index in [4.69, 9.17) is 11.1 Å². The van der Waals surface area contributed by atoms with Crippen LogP contribution in [0, 0.1) is 24.7 Å². The van der Waals surface area contributed by atoms with Crippen molar-refractivity contribution in [2.45, 2.75) is 39.7 Å². The first kappa shape index (κ1) is 10.2. The molecule has 15 heavy (non-hydrogen) atoms. The standard InChI is InChI=1S/C11H18N4/c1-8-5-9(2)15(14-8)7-11(3-4-11)6-10(12)13/h5H,3-4,6-7H2,1-2H3,(H3,12,13). The second-order valence-electron chi connectivity index (χ2n) is 4.79. The van der Waals surface area contributed by atoms with Crippen LogP contribution in [-0.4, -0.2) is 15.6 Å². The third kappa shape index (κ3) is 2.19. The summed E-state index contributed by atoms with van der Waals surface area (Å²) in [5, 5.41) is 11.8. The van der Waals surface area contributed by atoms with Gasteiger partial charge in [-0.25, -0.2) is 0 Å². The number of nitrogens with zero attached hydrogens (tertiary/aromatic N) is 2. The highest BCUT2D eigenvalue weighted by atomic mass is 15.3. The van der Waals surface area contributed by atoms with Gasteiger partial charge in [0, 0.05) is 18.7 Å². The molecule has 0 unspecified atom stereocenters. The summed E-state index contributed by atoms with van der Waals surface area (Å²) in [6, 6.07) is 2.09. The Morgan fingerprint density at radius 1 is 1.60 bits per heavy atom. The maximum absolute atomic E-state index is 7.36. The number of rotatable bonds is 4. The van der Waals surface area contributed by atoms with Crippen LogP contribution in [0.15, 0.2) is 6.07 Å². The summed E-state index contributed by atoms with van der Waals surface area (Å²) in [5.74, 6) is 0.300. The van der Waals surface area contributed by atoms with E-state index in [0.29, 0.717) is 12.3 Å². The smallest absolute Gasteiger partial charge is 0.0911 e. The first-order chi connectivity index (χ1) is 7.01. The number of aromatic nitrogens is 2. The second kappa shape index (κ2) is 3.36. The predicted molar refractivity (Wildman–Crippen MR) is 59.9 cm³/mol. The largest absolute Gasteiger partial charge is 0.388 e. The Labute approximate surface area is 90.0 Å². The first-order valence-electron chi connectivity index (χ1n) is 5.35. The molecule has 0 saturated heterocycles. The Morgan fingerprint density at radius 2 is 2.27 bits per heavy atom. The molecule has 1 saturated carbocycles. The Morgan fingerprint density at radius 3 is 2.67 bits per heavy atom. The van der Waals surface area contributed by atoms with Gasteiger partial charge in [-0.1, -0.05) is 0 Å². The molecule has 0 radical (unpaired) electrons. The van der Waals surface area contributed by atoms with Gasteiger partial charge in [0.1, 0.15) is 0 Å². The molecule has 1 aromatic rings. The van der Waals surface area contributed by atoms with Crippen molar-refractivity contribution in [3.8, 4) is 0 Å². The molecule has 2 rings (SSSR count). The van der Waals surface area contributed by atoms with Crippen molar-refractivity contribution >= 4 is 5.84 Å². The Hall–Kier alpha value is -1.32. The lowest BCUT2D eigenvalue weighted by Crippen LogP contribution is -2.21. The zero-order valence-electron chi connectivity index (χ0n) is 9.38. The molecule has 4 heteroatoms. The zero-order valence-corrected chi connectivity index (χ0v) is 9.38. The minimum Gasteiger partial charge on any atom is -0.388 e. The molecule has 3 N–H and O–H groups in total. The molecular formula is C11H18N4. The molecule has 1 heterocycles. The molecular weight excluding hydrogens is 188 g/mol. The van der Waals surface area contributed by atoms with Crippen molar-refractivity contribution in [2.75, 3.05) is 0 Å². The van der Waals surface area contributed by atoms with Crippen LogP contribution in [0.25, 0.3) is 0 Å². The maximum atomic E-state index is 7.36. The van der Waals surface area contributed by atoms with Crippen LogP contribution in [0.2, 0.25) is 0 Å². The number of hydrogen-bond donors (Lipinski definition) is 2. The van der Waals surface area contributed by atoms with Crippen LogP contribution in [0.5, 0.6) is 0 Å². The average Bonchev–Trinajstić information content (AvgIpc) is 2.74. The van der Waals surface area contributed by atoms with Crippen LogP contribution < -0.4 is 5.73 Å². The molecule has 0 atom stereocenters. The lowest BCUT2D eigenvalue weighted by Gasteiger charge is -2.15.